The maximum atomic E-state index is 11.1. The van der Waals surface area contributed by atoms with Crippen molar-refractivity contribution in [3.05, 3.63) is 0 Å². The number of ether oxygens (including phenoxy) is 5. The molecular weight excluding hydrogens is 334 g/mol. The Kier molecular flexibility index (Phi) is 4.03. The van der Waals surface area contributed by atoms with Gasteiger partial charge in [-0.15, -0.1) is 0 Å². The first-order chi connectivity index (χ1) is 10.5. The van der Waals surface area contributed by atoms with E-state index in [1.54, 1.807) is 20.8 Å². The maximum absolute atomic E-state index is 11.1. The molecule has 10 nitrogen and oxygen atoms in total. The van der Waals surface area contributed by atoms with E-state index in [0.717, 1.165) is 0 Å². The van der Waals surface area contributed by atoms with Crippen LogP contribution in [-0.4, -0.2) is 69.0 Å². The summed E-state index contributed by atoms with van der Waals surface area (Å²) < 4.78 is 55.6. The average Bonchev–Trinajstić information content (AvgIpc) is 2.90. The summed E-state index contributed by atoms with van der Waals surface area (Å²) in [6, 6.07) is 0. The first-order valence-electron chi connectivity index (χ1n) is 7.13. The van der Waals surface area contributed by atoms with Crippen LogP contribution in [0.5, 0.6) is 0 Å². The van der Waals surface area contributed by atoms with Gasteiger partial charge in [-0.1, -0.05) is 0 Å². The summed E-state index contributed by atoms with van der Waals surface area (Å²) in [7, 11) is -4.18. The summed E-state index contributed by atoms with van der Waals surface area (Å²) in [6.45, 7) is 4.13. The lowest BCUT2D eigenvalue weighted by molar-refractivity contribution is -0.290. The van der Waals surface area contributed by atoms with E-state index in [9.17, 15) is 13.5 Å². The molecule has 0 bridgehead atoms. The molecule has 0 spiro atoms. The van der Waals surface area contributed by atoms with Gasteiger partial charge in [0.05, 0.1) is 13.2 Å². The van der Waals surface area contributed by atoms with Crippen molar-refractivity contribution in [1.82, 2.24) is 0 Å². The zero-order valence-electron chi connectivity index (χ0n) is 13.1. The Hall–Kier alpha value is -0.370. The van der Waals surface area contributed by atoms with Crippen molar-refractivity contribution < 1.29 is 41.4 Å². The molecule has 3 heterocycles. The van der Waals surface area contributed by atoms with Crippen LogP contribution in [0.15, 0.2) is 0 Å². The molecular formula is C12H21NO9S. The number of hydrogen-bond donors (Lipinski definition) is 2. The average molecular weight is 355 g/mol. The molecule has 0 aliphatic carbocycles. The zero-order chi connectivity index (χ0) is 17.1. The van der Waals surface area contributed by atoms with Crippen molar-refractivity contribution >= 4 is 10.3 Å². The molecule has 0 saturated carbocycles. The van der Waals surface area contributed by atoms with E-state index < -0.39 is 52.6 Å². The SMILES string of the molecule is CC1(C)OC2C3O[C@](C)(CO)OC3CO[C@@]2(COS(N)(=O)=O)O1. The van der Waals surface area contributed by atoms with Crippen LogP contribution in [0.1, 0.15) is 20.8 Å². The molecule has 134 valence electrons. The van der Waals surface area contributed by atoms with E-state index >= 15 is 0 Å². The second kappa shape index (κ2) is 5.31. The van der Waals surface area contributed by atoms with Crippen LogP contribution in [0.4, 0.5) is 0 Å². The molecule has 0 amide bonds. The largest absolute Gasteiger partial charge is 0.391 e. The fraction of sp³-hybridized carbons (Fsp3) is 1.00. The Morgan fingerprint density at radius 3 is 2.57 bits per heavy atom. The molecule has 0 aromatic heterocycles. The van der Waals surface area contributed by atoms with E-state index in [-0.39, 0.29) is 13.2 Å². The highest BCUT2D eigenvalue weighted by Gasteiger charge is 2.66. The molecule has 0 aromatic carbocycles. The summed E-state index contributed by atoms with van der Waals surface area (Å²) in [5.41, 5.74) is 0. The quantitative estimate of drug-likeness (QED) is 0.622. The minimum atomic E-state index is -4.18. The molecule has 11 heteroatoms. The number of rotatable bonds is 4. The van der Waals surface area contributed by atoms with Gasteiger partial charge in [0.25, 0.3) is 0 Å². The van der Waals surface area contributed by atoms with Crippen molar-refractivity contribution in [2.45, 2.75) is 56.4 Å². The van der Waals surface area contributed by atoms with Gasteiger partial charge in [0, 0.05) is 0 Å². The Morgan fingerprint density at radius 2 is 1.96 bits per heavy atom. The Bertz CT molecular complexity index is 581. The van der Waals surface area contributed by atoms with E-state index in [1.807, 2.05) is 0 Å². The fourth-order valence-electron chi connectivity index (χ4n) is 3.10. The van der Waals surface area contributed by atoms with Crippen molar-refractivity contribution in [2.75, 3.05) is 19.8 Å². The van der Waals surface area contributed by atoms with E-state index in [1.165, 1.54) is 0 Å². The van der Waals surface area contributed by atoms with Gasteiger partial charge in [-0.25, -0.2) is 5.14 Å². The monoisotopic (exact) mass is 355 g/mol. The van der Waals surface area contributed by atoms with Crippen LogP contribution in [0, 0.1) is 0 Å². The van der Waals surface area contributed by atoms with Crippen LogP contribution >= 0.6 is 0 Å². The zero-order valence-corrected chi connectivity index (χ0v) is 13.9. The second-order valence-electron chi connectivity index (χ2n) is 6.45. The summed E-state index contributed by atoms with van der Waals surface area (Å²) in [5, 5.41) is 14.3. The molecule has 0 aromatic rings. The van der Waals surface area contributed by atoms with Gasteiger partial charge in [0.1, 0.15) is 24.9 Å². The highest BCUT2D eigenvalue weighted by Crippen LogP contribution is 2.47. The lowest BCUT2D eigenvalue weighted by Crippen LogP contribution is -2.60. The first-order valence-corrected chi connectivity index (χ1v) is 8.60. The third kappa shape index (κ3) is 3.25. The molecule has 5 atom stereocenters. The Morgan fingerprint density at radius 1 is 1.26 bits per heavy atom. The van der Waals surface area contributed by atoms with E-state index in [4.69, 9.17) is 28.8 Å². The molecule has 3 aliphatic heterocycles. The van der Waals surface area contributed by atoms with Gasteiger partial charge >= 0.3 is 10.3 Å². The van der Waals surface area contributed by atoms with Crippen LogP contribution in [0.25, 0.3) is 0 Å². The molecule has 0 radical (unpaired) electrons. The molecule has 3 rings (SSSR count). The van der Waals surface area contributed by atoms with Crippen LogP contribution < -0.4 is 5.14 Å². The number of aliphatic hydroxyl groups is 1. The summed E-state index contributed by atoms with van der Waals surface area (Å²) in [5.74, 6) is -3.74. The predicted octanol–water partition coefficient (Wildman–Crippen LogP) is -1.42. The second-order valence-corrected chi connectivity index (χ2v) is 7.67. The number of fused-ring (bicyclic) bond motifs is 3. The molecule has 23 heavy (non-hydrogen) atoms. The lowest BCUT2D eigenvalue weighted by Gasteiger charge is -2.40. The molecule has 3 saturated heterocycles. The number of nitrogens with two attached hydrogens (primary N) is 1. The van der Waals surface area contributed by atoms with Gasteiger partial charge in [-0.3, -0.25) is 4.18 Å². The van der Waals surface area contributed by atoms with Crippen LogP contribution in [-0.2, 0) is 38.2 Å². The Labute approximate surface area is 134 Å². The standard InChI is InChI=1S/C12H21NO9S/c1-10(2)21-9-8-7(19-11(3,5-14)20-8)4-17-12(9,22-10)6-18-23(13,15)16/h7-9,14H,4-6H2,1-3H3,(H2,13,15,16)/t7?,8?,9?,11-,12+/m1/s1. The molecule has 3 aliphatic rings. The minimum Gasteiger partial charge on any atom is -0.391 e. The summed E-state index contributed by atoms with van der Waals surface area (Å²) in [6.07, 6.45) is -1.92. The smallest absolute Gasteiger partial charge is 0.333 e. The summed E-state index contributed by atoms with van der Waals surface area (Å²) >= 11 is 0. The molecule has 3 unspecified atom stereocenters. The van der Waals surface area contributed by atoms with Crippen LogP contribution in [0.2, 0.25) is 0 Å². The predicted molar refractivity (Wildman–Crippen MR) is 73.0 cm³/mol. The third-order valence-electron chi connectivity index (χ3n) is 3.92. The van der Waals surface area contributed by atoms with Crippen molar-refractivity contribution in [2.24, 2.45) is 5.14 Å². The normalized spacial score (nSPS) is 45.7. The van der Waals surface area contributed by atoms with Gasteiger partial charge < -0.3 is 28.8 Å². The minimum absolute atomic E-state index is 0.0597. The fourth-order valence-corrected chi connectivity index (χ4v) is 3.43. The third-order valence-corrected chi connectivity index (χ3v) is 4.36. The molecule has 3 fully saturated rings. The van der Waals surface area contributed by atoms with Crippen molar-refractivity contribution in [3.63, 3.8) is 0 Å². The number of hydrogen-bond acceptors (Lipinski definition) is 9. The topological polar surface area (TPSA) is 136 Å². The highest BCUT2D eigenvalue weighted by atomic mass is 32.2. The summed E-state index contributed by atoms with van der Waals surface area (Å²) in [4.78, 5) is 0. The Balaban J connectivity index is 1.87. The maximum Gasteiger partial charge on any atom is 0.333 e. The van der Waals surface area contributed by atoms with Gasteiger partial charge in [-0.2, -0.15) is 8.42 Å². The molecule has 3 N–H and O–H groups in total. The van der Waals surface area contributed by atoms with E-state index in [0.29, 0.717) is 0 Å². The van der Waals surface area contributed by atoms with Gasteiger partial charge in [0.2, 0.25) is 5.79 Å². The van der Waals surface area contributed by atoms with E-state index in [2.05, 4.69) is 4.18 Å². The highest BCUT2D eigenvalue weighted by molar-refractivity contribution is 7.84. The van der Waals surface area contributed by atoms with Crippen molar-refractivity contribution in [1.29, 1.82) is 0 Å². The first kappa shape index (κ1) is 17.5. The van der Waals surface area contributed by atoms with Gasteiger partial charge in [-0.05, 0) is 20.8 Å². The number of aliphatic hydroxyl groups excluding tert-OH is 1. The van der Waals surface area contributed by atoms with Gasteiger partial charge in [0.15, 0.2) is 11.6 Å². The van der Waals surface area contributed by atoms with Crippen LogP contribution in [0.3, 0.4) is 0 Å². The van der Waals surface area contributed by atoms with Crippen molar-refractivity contribution in [3.8, 4) is 0 Å². The lowest BCUT2D eigenvalue weighted by atomic mass is 9.98.